The van der Waals surface area contributed by atoms with E-state index >= 15 is 0 Å². The fourth-order valence-electron chi connectivity index (χ4n) is 7.33. The smallest absolute Gasteiger partial charge is 0.0982 e. The molecule has 4 heteroatoms. The van der Waals surface area contributed by atoms with E-state index in [-0.39, 0.29) is 23.0 Å². The Balaban J connectivity index is 1.59. The Bertz CT molecular complexity index is 1400. The first-order chi connectivity index (χ1) is 20.8. The van der Waals surface area contributed by atoms with E-state index in [9.17, 15) is 15.3 Å². The van der Waals surface area contributed by atoms with Gasteiger partial charge in [-0.15, -0.1) is 5.73 Å². The lowest BCUT2D eigenvalue weighted by Gasteiger charge is -2.44. The van der Waals surface area contributed by atoms with Gasteiger partial charge in [0.2, 0.25) is 0 Å². The second-order valence-electron chi connectivity index (χ2n) is 15.3. The molecule has 0 amide bonds. The van der Waals surface area contributed by atoms with E-state index < -0.39 is 17.3 Å². The molecule has 2 aliphatic carbocycles. The molecule has 0 aromatic rings. The minimum absolute atomic E-state index is 0.0575. The molecule has 0 radical (unpaired) electrons. The summed E-state index contributed by atoms with van der Waals surface area (Å²) >= 11 is 0. The van der Waals surface area contributed by atoms with E-state index in [0.29, 0.717) is 19.3 Å². The van der Waals surface area contributed by atoms with Crippen LogP contribution in [0.4, 0.5) is 0 Å². The predicted molar refractivity (Wildman–Crippen MR) is 189 cm³/mol. The Labute approximate surface area is 273 Å². The number of allylic oxidation sites excluding steroid dienone is 13. The van der Waals surface area contributed by atoms with Crippen molar-refractivity contribution in [1.82, 2.24) is 0 Å². The molecule has 246 valence electrons. The standard InChI is InChI=1S/C41H58O4/c1-28(18-14-20-30(3)32(5)22-36-38(6,7)24-33(42)26-40(36,10)44)16-12-13-17-29(2)19-15-21-31(4)35-23-37-39(8,9)25-34(43)27-41(37,11)45-35/h12-21,23,33-35,42-44H,24-27H2,1-11H3/b13-12+,18-14+,19-15+,28-16+,29-17+,30-20+,31-21+/t22?,33-,34+,35-,40+,41-/m0/s1. The van der Waals surface area contributed by atoms with Gasteiger partial charge in [0.1, 0.15) is 0 Å². The number of fused-ring (bicyclic) bond motifs is 1. The molecule has 0 saturated heterocycles. The zero-order chi connectivity index (χ0) is 33.8. The summed E-state index contributed by atoms with van der Waals surface area (Å²) in [7, 11) is 0. The van der Waals surface area contributed by atoms with E-state index in [1.807, 2.05) is 25.2 Å². The van der Waals surface area contributed by atoms with Gasteiger partial charge in [0.05, 0.1) is 29.5 Å². The van der Waals surface area contributed by atoms with Crippen molar-refractivity contribution in [2.45, 2.75) is 131 Å². The molecule has 1 heterocycles. The van der Waals surface area contributed by atoms with Crippen LogP contribution in [-0.4, -0.2) is 44.8 Å². The quantitative estimate of drug-likeness (QED) is 0.145. The zero-order valence-corrected chi connectivity index (χ0v) is 29.7. The number of rotatable bonds is 8. The van der Waals surface area contributed by atoms with Gasteiger partial charge in [0.15, 0.2) is 0 Å². The highest BCUT2D eigenvalue weighted by atomic mass is 16.5. The summed E-state index contributed by atoms with van der Waals surface area (Å²) in [6.45, 7) is 22.8. The SMILES string of the molecule is CC(=C=C1C(C)(C)C[C@H](O)C[C@@]1(C)O)/C(C)=C/C=C/C(C)=C/C=C/C=C(C)/C=C/C=C(\C)[C@@H]1C=C2C(C)(C)C[C@@H](O)C[C@]2(C)O1. The summed E-state index contributed by atoms with van der Waals surface area (Å²) in [6.07, 6.45) is 24.5. The highest BCUT2D eigenvalue weighted by molar-refractivity contribution is 5.38. The van der Waals surface area contributed by atoms with Crippen LogP contribution in [0.25, 0.3) is 0 Å². The molecule has 5 atom stereocenters. The van der Waals surface area contributed by atoms with Gasteiger partial charge in [-0.1, -0.05) is 99.6 Å². The molecule has 1 aliphatic heterocycles. The Morgan fingerprint density at radius 3 is 1.84 bits per heavy atom. The lowest BCUT2D eigenvalue weighted by molar-refractivity contribution is -0.0683. The molecule has 3 N–H and O–H groups in total. The number of hydrogen-bond donors (Lipinski definition) is 3. The van der Waals surface area contributed by atoms with Crippen LogP contribution in [-0.2, 0) is 4.74 Å². The summed E-state index contributed by atoms with van der Waals surface area (Å²) in [5.74, 6) is 0. The lowest BCUT2D eigenvalue weighted by atomic mass is 9.65. The molecule has 0 unspecified atom stereocenters. The molecule has 2 fully saturated rings. The normalized spacial score (nSPS) is 32.8. The average Bonchev–Trinajstić information content (AvgIpc) is 3.25. The minimum Gasteiger partial charge on any atom is -0.393 e. The number of aliphatic hydroxyl groups is 3. The van der Waals surface area contributed by atoms with Gasteiger partial charge in [-0.2, -0.15) is 0 Å². The van der Waals surface area contributed by atoms with Gasteiger partial charge in [-0.05, 0) is 101 Å². The fourth-order valence-corrected chi connectivity index (χ4v) is 7.33. The summed E-state index contributed by atoms with van der Waals surface area (Å²) in [5.41, 5.74) is 9.33. The minimum atomic E-state index is -1.06. The highest BCUT2D eigenvalue weighted by Crippen LogP contribution is 2.52. The summed E-state index contributed by atoms with van der Waals surface area (Å²) in [6, 6.07) is 0. The van der Waals surface area contributed by atoms with Crippen molar-refractivity contribution < 1.29 is 20.1 Å². The predicted octanol–water partition coefficient (Wildman–Crippen LogP) is 9.11. The topological polar surface area (TPSA) is 69.9 Å². The van der Waals surface area contributed by atoms with E-state index in [0.717, 1.165) is 39.9 Å². The maximum Gasteiger partial charge on any atom is 0.0982 e. The van der Waals surface area contributed by atoms with Crippen molar-refractivity contribution in [1.29, 1.82) is 0 Å². The summed E-state index contributed by atoms with van der Waals surface area (Å²) in [4.78, 5) is 0. The Morgan fingerprint density at radius 1 is 0.733 bits per heavy atom. The van der Waals surface area contributed by atoms with Crippen LogP contribution in [0, 0.1) is 10.8 Å². The van der Waals surface area contributed by atoms with Crippen molar-refractivity contribution in [2.24, 2.45) is 10.8 Å². The van der Waals surface area contributed by atoms with Crippen LogP contribution in [0.1, 0.15) is 102 Å². The van der Waals surface area contributed by atoms with Crippen LogP contribution in [0.5, 0.6) is 0 Å². The van der Waals surface area contributed by atoms with Crippen molar-refractivity contribution >= 4 is 0 Å². The zero-order valence-electron chi connectivity index (χ0n) is 29.7. The first-order valence-corrected chi connectivity index (χ1v) is 16.5. The largest absolute Gasteiger partial charge is 0.393 e. The van der Waals surface area contributed by atoms with Crippen LogP contribution in [0.2, 0.25) is 0 Å². The first kappa shape index (κ1) is 36.7. The molecule has 4 nitrogen and oxygen atoms in total. The maximum atomic E-state index is 11.0. The molecule has 0 aromatic carbocycles. The van der Waals surface area contributed by atoms with E-state index in [4.69, 9.17) is 4.74 Å². The van der Waals surface area contributed by atoms with Crippen molar-refractivity contribution in [2.75, 3.05) is 0 Å². The molecular formula is C41H58O4. The van der Waals surface area contributed by atoms with E-state index in [1.54, 1.807) is 6.92 Å². The summed E-state index contributed by atoms with van der Waals surface area (Å²) < 4.78 is 6.46. The number of hydrogen-bond acceptors (Lipinski definition) is 4. The molecule has 0 spiro atoms. The van der Waals surface area contributed by atoms with Crippen molar-refractivity contribution in [3.8, 4) is 0 Å². The Kier molecular flexibility index (Phi) is 11.7. The lowest BCUT2D eigenvalue weighted by Crippen LogP contribution is -2.45. The molecule has 3 aliphatic rings. The van der Waals surface area contributed by atoms with E-state index in [2.05, 4.69) is 117 Å². The van der Waals surface area contributed by atoms with Gasteiger partial charge >= 0.3 is 0 Å². The maximum absolute atomic E-state index is 11.0. The molecular weight excluding hydrogens is 556 g/mol. The monoisotopic (exact) mass is 614 g/mol. The molecule has 3 rings (SSSR count). The third kappa shape index (κ3) is 9.64. The molecule has 0 aromatic heterocycles. The number of aliphatic hydroxyl groups excluding tert-OH is 2. The Morgan fingerprint density at radius 2 is 1.27 bits per heavy atom. The van der Waals surface area contributed by atoms with Gasteiger partial charge in [-0.3, -0.25) is 0 Å². The molecule has 45 heavy (non-hydrogen) atoms. The van der Waals surface area contributed by atoms with E-state index in [1.165, 1.54) is 5.57 Å². The third-order valence-corrected chi connectivity index (χ3v) is 9.58. The molecule has 2 saturated carbocycles. The van der Waals surface area contributed by atoms with Crippen molar-refractivity contribution in [3.63, 3.8) is 0 Å². The third-order valence-electron chi connectivity index (χ3n) is 9.58. The van der Waals surface area contributed by atoms with Gasteiger partial charge in [-0.25, -0.2) is 0 Å². The first-order valence-electron chi connectivity index (χ1n) is 16.5. The molecule has 0 bridgehead atoms. The fraction of sp³-hybridized carbons (Fsp3) is 0.537. The second-order valence-corrected chi connectivity index (χ2v) is 15.3. The highest BCUT2D eigenvalue weighted by Gasteiger charge is 2.50. The van der Waals surface area contributed by atoms with Gasteiger partial charge in [0, 0.05) is 18.4 Å². The second kappa shape index (κ2) is 14.4. The Hall–Kier alpha value is -2.72. The van der Waals surface area contributed by atoms with Crippen molar-refractivity contribution in [3.05, 3.63) is 112 Å². The van der Waals surface area contributed by atoms with Crippen LogP contribution < -0.4 is 0 Å². The van der Waals surface area contributed by atoms with Crippen LogP contribution >= 0.6 is 0 Å². The van der Waals surface area contributed by atoms with Gasteiger partial charge in [0.25, 0.3) is 0 Å². The van der Waals surface area contributed by atoms with Gasteiger partial charge < -0.3 is 20.1 Å². The summed E-state index contributed by atoms with van der Waals surface area (Å²) in [5, 5.41) is 31.6. The van der Waals surface area contributed by atoms with Crippen LogP contribution in [0.15, 0.2) is 112 Å². The average molecular weight is 615 g/mol. The number of ether oxygens (including phenoxy) is 1. The van der Waals surface area contributed by atoms with Crippen LogP contribution in [0.3, 0.4) is 0 Å².